The van der Waals surface area contributed by atoms with Crippen LogP contribution in [0.4, 0.5) is 0 Å². The second-order valence-electron chi connectivity index (χ2n) is 7.71. The van der Waals surface area contributed by atoms with Crippen LogP contribution in [0.2, 0.25) is 0 Å². The first kappa shape index (κ1) is 13.3. The van der Waals surface area contributed by atoms with E-state index in [9.17, 15) is 4.79 Å². The van der Waals surface area contributed by atoms with Crippen molar-refractivity contribution in [1.82, 2.24) is 9.88 Å². The summed E-state index contributed by atoms with van der Waals surface area (Å²) in [7, 11) is 1.97. The molecule has 4 aliphatic carbocycles. The average Bonchev–Trinajstić information content (AvgIpc) is 2.46. The van der Waals surface area contributed by atoms with Crippen LogP contribution in [0.3, 0.4) is 0 Å². The van der Waals surface area contributed by atoms with Crippen molar-refractivity contribution < 1.29 is 4.79 Å². The Labute approximate surface area is 126 Å². The van der Waals surface area contributed by atoms with Crippen molar-refractivity contribution in [2.45, 2.75) is 45.1 Å². The van der Waals surface area contributed by atoms with E-state index in [0.717, 1.165) is 37.0 Å². The number of carbonyl (C=O) groups excluding carboxylic acids is 1. The zero-order valence-electron chi connectivity index (χ0n) is 12.8. The number of pyridine rings is 1. The van der Waals surface area contributed by atoms with Crippen molar-refractivity contribution in [2.24, 2.45) is 23.2 Å². The van der Waals surface area contributed by atoms with Crippen LogP contribution in [0.1, 0.15) is 44.1 Å². The van der Waals surface area contributed by atoms with Gasteiger partial charge in [0.05, 0.1) is 5.41 Å². The van der Waals surface area contributed by atoms with E-state index in [2.05, 4.69) is 4.98 Å². The second-order valence-corrected chi connectivity index (χ2v) is 7.71. The highest BCUT2D eigenvalue weighted by molar-refractivity contribution is 5.83. The molecule has 0 N–H and O–H groups in total. The van der Waals surface area contributed by atoms with Gasteiger partial charge >= 0.3 is 0 Å². The van der Waals surface area contributed by atoms with E-state index in [-0.39, 0.29) is 5.41 Å². The Bertz CT molecular complexity index is 504. The Morgan fingerprint density at radius 2 is 1.67 bits per heavy atom. The van der Waals surface area contributed by atoms with Crippen molar-refractivity contribution in [1.29, 1.82) is 0 Å². The van der Waals surface area contributed by atoms with Crippen LogP contribution in [-0.2, 0) is 11.3 Å². The van der Waals surface area contributed by atoms with Crippen LogP contribution in [0.25, 0.3) is 0 Å². The fourth-order valence-electron chi connectivity index (χ4n) is 5.61. The van der Waals surface area contributed by atoms with Gasteiger partial charge < -0.3 is 4.90 Å². The highest BCUT2D eigenvalue weighted by Crippen LogP contribution is 2.60. The zero-order chi connectivity index (χ0) is 14.4. The van der Waals surface area contributed by atoms with E-state index in [1.807, 2.05) is 24.1 Å². The number of nitrogens with zero attached hydrogens (tertiary/aromatic N) is 2. The lowest BCUT2D eigenvalue weighted by atomic mass is 9.49. The van der Waals surface area contributed by atoms with E-state index in [1.165, 1.54) is 24.8 Å². The zero-order valence-corrected chi connectivity index (χ0v) is 12.8. The lowest BCUT2D eigenvalue weighted by molar-refractivity contribution is -0.156. The summed E-state index contributed by atoms with van der Waals surface area (Å²) in [5.41, 5.74) is 1.15. The lowest BCUT2D eigenvalue weighted by Crippen LogP contribution is -2.53. The lowest BCUT2D eigenvalue weighted by Gasteiger charge is -2.56. The molecule has 4 aliphatic rings. The first-order valence-electron chi connectivity index (χ1n) is 8.29. The van der Waals surface area contributed by atoms with Gasteiger partial charge in [-0.05, 0) is 74.0 Å². The van der Waals surface area contributed by atoms with Gasteiger partial charge in [0.1, 0.15) is 0 Å². The number of amides is 1. The molecule has 0 aromatic carbocycles. The summed E-state index contributed by atoms with van der Waals surface area (Å²) < 4.78 is 0. The molecule has 1 heterocycles. The summed E-state index contributed by atoms with van der Waals surface area (Å²) in [5.74, 6) is 2.89. The topological polar surface area (TPSA) is 33.2 Å². The minimum atomic E-state index is -0.0173. The fourth-order valence-corrected chi connectivity index (χ4v) is 5.61. The number of carbonyl (C=O) groups is 1. The molecule has 0 saturated heterocycles. The molecule has 1 amide bonds. The fraction of sp³-hybridized carbons (Fsp3) is 0.667. The SMILES string of the molecule is CN(Cc1ccncc1)C(=O)C12CC3CC(CC(C3)C1)C2. The van der Waals surface area contributed by atoms with Crippen LogP contribution in [0, 0.1) is 23.2 Å². The van der Waals surface area contributed by atoms with Crippen LogP contribution in [-0.4, -0.2) is 22.8 Å². The number of hydrogen-bond acceptors (Lipinski definition) is 2. The van der Waals surface area contributed by atoms with Crippen molar-refractivity contribution in [3.8, 4) is 0 Å². The van der Waals surface area contributed by atoms with Gasteiger partial charge in [0.2, 0.25) is 5.91 Å². The Hall–Kier alpha value is -1.38. The van der Waals surface area contributed by atoms with Gasteiger partial charge in [0.15, 0.2) is 0 Å². The van der Waals surface area contributed by atoms with E-state index >= 15 is 0 Å². The Morgan fingerprint density at radius 3 is 2.19 bits per heavy atom. The van der Waals surface area contributed by atoms with Crippen LogP contribution in [0.15, 0.2) is 24.5 Å². The van der Waals surface area contributed by atoms with Crippen LogP contribution >= 0.6 is 0 Å². The van der Waals surface area contributed by atoms with Crippen molar-refractivity contribution in [2.75, 3.05) is 7.05 Å². The molecule has 4 bridgehead atoms. The molecule has 4 saturated carbocycles. The van der Waals surface area contributed by atoms with Gasteiger partial charge in [0.25, 0.3) is 0 Å². The van der Waals surface area contributed by atoms with Crippen molar-refractivity contribution >= 4 is 5.91 Å². The molecular formula is C18H24N2O. The molecule has 21 heavy (non-hydrogen) atoms. The predicted octanol–water partition coefficient (Wildman–Crippen LogP) is 3.26. The summed E-state index contributed by atoms with van der Waals surface area (Å²) >= 11 is 0. The minimum Gasteiger partial charge on any atom is -0.341 e. The van der Waals surface area contributed by atoms with Gasteiger partial charge in [-0.25, -0.2) is 0 Å². The third kappa shape index (κ3) is 2.27. The summed E-state index contributed by atoms with van der Waals surface area (Å²) in [4.78, 5) is 19.1. The third-order valence-corrected chi connectivity index (χ3v) is 6.01. The van der Waals surface area contributed by atoms with Crippen LogP contribution < -0.4 is 0 Å². The normalized spacial score (nSPS) is 36.7. The first-order chi connectivity index (χ1) is 10.1. The maximum Gasteiger partial charge on any atom is 0.228 e. The second kappa shape index (κ2) is 4.82. The molecule has 5 rings (SSSR count). The van der Waals surface area contributed by atoms with Gasteiger partial charge in [-0.1, -0.05) is 0 Å². The molecule has 1 aromatic heterocycles. The predicted molar refractivity (Wildman–Crippen MR) is 81.3 cm³/mol. The Balaban J connectivity index is 1.51. The molecular weight excluding hydrogens is 260 g/mol. The van der Waals surface area contributed by atoms with E-state index < -0.39 is 0 Å². The smallest absolute Gasteiger partial charge is 0.228 e. The summed E-state index contributed by atoms with van der Waals surface area (Å²) in [6, 6.07) is 4.01. The maximum atomic E-state index is 13.1. The molecule has 1 aromatic rings. The summed E-state index contributed by atoms with van der Waals surface area (Å²) in [6.07, 6.45) is 11.2. The van der Waals surface area contributed by atoms with Gasteiger partial charge in [-0.2, -0.15) is 0 Å². The summed E-state index contributed by atoms with van der Waals surface area (Å²) in [5, 5.41) is 0. The van der Waals surface area contributed by atoms with Crippen molar-refractivity contribution in [3.63, 3.8) is 0 Å². The maximum absolute atomic E-state index is 13.1. The van der Waals surface area contributed by atoms with Crippen molar-refractivity contribution in [3.05, 3.63) is 30.1 Å². The minimum absolute atomic E-state index is 0.0173. The van der Waals surface area contributed by atoms with Gasteiger partial charge in [-0.15, -0.1) is 0 Å². The molecule has 3 heteroatoms. The number of hydrogen-bond donors (Lipinski definition) is 0. The molecule has 4 fully saturated rings. The highest BCUT2D eigenvalue weighted by atomic mass is 16.2. The van der Waals surface area contributed by atoms with E-state index in [1.54, 1.807) is 12.4 Å². The van der Waals surface area contributed by atoms with E-state index in [0.29, 0.717) is 12.5 Å². The average molecular weight is 284 g/mol. The number of rotatable bonds is 3. The first-order valence-corrected chi connectivity index (χ1v) is 8.29. The Kier molecular flexibility index (Phi) is 3.05. The quantitative estimate of drug-likeness (QED) is 0.853. The largest absolute Gasteiger partial charge is 0.341 e. The number of aromatic nitrogens is 1. The molecule has 0 spiro atoms. The summed E-state index contributed by atoms with van der Waals surface area (Å²) in [6.45, 7) is 0.711. The molecule has 0 atom stereocenters. The molecule has 0 radical (unpaired) electrons. The molecule has 3 nitrogen and oxygen atoms in total. The molecule has 0 aliphatic heterocycles. The third-order valence-electron chi connectivity index (χ3n) is 6.01. The van der Waals surface area contributed by atoms with Gasteiger partial charge in [0, 0.05) is 26.0 Å². The van der Waals surface area contributed by atoms with E-state index in [4.69, 9.17) is 0 Å². The van der Waals surface area contributed by atoms with Crippen LogP contribution in [0.5, 0.6) is 0 Å². The molecule has 0 unspecified atom stereocenters. The highest BCUT2D eigenvalue weighted by Gasteiger charge is 2.55. The monoisotopic (exact) mass is 284 g/mol. The Morgan fingerprint density at radius 1 is 1.14 bits per heavy atom. The molecule has 112 valence electrons. The standard InChI is InChI=1S/C18H24N2O/c1-20(12-13-2-4-19-5-3-13)17(21)18-9-14-6-15(10-18)8-16(7-14)11-18/h2-5,14-16H,6-12H2,1H3. The van der Waals surface area contributed by atoms with Gasteiger partial charge in [-0.3, -0.25) is 9.78 Å².